The van der Waals surface area contributed by atoms with Crippen LogP contribution in [-0.2, 0) is 0 Å². The maximum Gasteiger partial charge on any atom is 0.279 e. The lowest BCUT2D eigenvalue weighted by atomic mass is 10.3. The molecule has 3 heterocycles. The molecule has 0 saturated carbocycles. The van der Waals surface area contributed by atoms with Crippen molar-refractivity contribution in [2.45, 2.75) is 6.92 Å². The number of aryl methyl sites for hydroxylation is 1. The normalized spacial score (nSPS) is 10.7. The first-order valence-corrected chi connectivity index (χ1v) is 8.70. The van der Waals surface area contributed by atoms with Gasteiger partial charge in [0.2, 0.25) is 0 Å². The molecule has 0 aliphatic rings. The van der Waals surface area contributed by atoms with Crippen LogP contribution in [0.2, 0.25) is 0 Å². The molecule has 1 amide bonds. The Morgan fingerprint density at radius 1 is 1.12 bits per heavy atom. The van der Waals surface area contributed by atoms with Gasteiger partial charge in [-0.1, -0.05) is 35.6 Å². The van der Waals surface area contributed by atoms with E-state index in [1.165, 1.54) is 22.3 Å². The van der Waals surface area contributed by atoms with Gasteiger partial charge in [0.1, 0.15) is 0 Å². The van der Waals surface area contributed by atoms with Crippen molar-refractivity contribution in [1.82, 2.24) is 25.0 Å². The SMILES string of the molecule is Cc1nc(NC(=O)c2cnn(-c3ccccc3)n2)sc1-c1ccccn1. The van der Waals surface area contributed by atoms with E-state index in [0.29, 0.717) is 5.13 Å². The van der Waals surface area contributed by atoms with Crippen molar-refractivity contribution in [3.05, 3.63) is 72.3 Å². The van der Waals surface area contributed by atoms with Gasteiger partial charge in [-0.15, -0.1) is 5.10 Å². The van der Waals surface area contributed by atoms with Crippen molar-refractivity contribution >= 4 is 22.4 Å². The highest BCUT2D eigenvalue weighted by Gasteiger charge is 2.16. The lowest BCUT2D eigenvalue weighted by Crippen LogP contribution is -2.13. The van der Waals surface area contributed by atoms with Gasteiger partial charge in [-0.05, 0) is 31.2 Å². The predicted octanol–water partition coefficient (Wildman–Crippen LogP) is 3.35. The number of nitrogens with zero attached hydrogens (tertiary/aromatic N) is 5. The van der Waals surface area contributed by atoms with Crippen LogP contribution < -0.4 is 5.32 Å². The summed E-state index contributed by atoms with van der Waals surface area (Å²) in [7, 11) is 0. The highest BCUT2D eigenvalue weighted by atomic mass is 32.1. The molecule has 8 heteroatoms. The van der Waals surface area contributed by atoms with E-state index in [1.807, 2.05) is 55.5 Å². The van der Waals surface area contributed by atoms with Gasteiger partial charge in [-0.25, -0.2) is 4.98 Å². The maximum absolute atomic E-state index is 12.4. The number of hydrogen-bond acceptors (Lipinski definition) is 6. The molecule has 4 rings (SSSR count). The minimum Gasteiger partial charge on any atom is -0.296 e. The molecule has 0 unspecified atom stereocenters. The van der Waals surface area contributed by atoms with Crippen molar-refractivity contribution in [1.29, 1.82) is 0 Å². The van der Waals surface area contributed by atoms with E-state index in [9.17, 15) is 4.79 Å². The molecule has 0 saturated heterocycles. The van der Waals surface area contributed by atoms with Crippen molar-refractivity contribution in [3.63, 3.8) is 0 Å². The van der Waals surface area contributed by atoms with Crippen molar-refractivity contribution in [2.24, 2.45) is 0 Å². The Morgan fingerprint density at radius 3 is 2.69 bits per heavy atom. The van der Waals surface area contributed by atoms with E-state index in [2.05, 4.69) is 25.5 Å². The molecule has 0 spiro atoms. The zero-order chi connectivity index (χ0) is 17.9. The second-order valence-corrected chi connectivity index (χ2v) is 6.46. The van der Waals surface area contributed by atoms with Gasteiger partial charge in [0, 0.05) is 6.20 Å². The fourth-order valence-electron chi connectivity index (χ4n) is 2.40. The summed E-state index contributed by atoms with van der Waals surface area (Å²) in [6.45, 7) is 1.89. The summed E-state index contributed by atoms with van der Waals surface area (Å²) >= 11 is 1.38. The van der Waals surface area contributed by atoms with Crippen LogP contribution in [-0.4, -0.2) is 30.9 Å². The minimum absolute atomic E-state index is 0.223. The summed E-state index contributed by atoms with van der Waals surface area (Å²) in [4.78, 5) is 23.5. The molecule has 3 aromatic heterocycles. The van der Waals surface area contributed by atoms with E-state index < -0.39 is 0 Å². The Kier molecular flexibility index (Phi) is 4.24. The van der Waals surface area contributed by atoms with Crippen LogP contribution in [0.1, 0.15) is 16.2 Å². The third-order valence-corrected chi connectivity index (χ3v) is 4.72. The summed E-state index contributed by atoms with van der Waals surface area (Å²) in [5.74, 6) is -0.353. The zero-order valence-corrected chi connectivity index (χ0v) is 14.6. The second kappa shape index (κ2) is 6.85. The molecule has 0 fully saturated rings. The lowest BCUT2D eigenvalue weighted by molar-refractivity contribution is 0.102. The van der Waals surface area contributed by atoms with Crippen LogP contribution in [0, 0.1) is 6.92 Å². The van der Waals surface area contributed by atoms with Crippen molar-refractivity contribution in [2.75, 3.05) is 5.32 Å². The molecule has 0 radical (unpaired) electrons. The molecular weight excluding hydrogens is 348 g/mol. The average molecular weight is 362 g/mol. The summed E-state index contributed by atoms with van der Waals surface area (Å²) in [6.07, 6.45) is 3.16. The van der Waals surface area contributed by atoms with E-state index in [4.69, 9.17) is 0 Å². The van der Waals surface area contributed by atoms with Crippen molar-refractivity contribution in [3.8, 4) is 16.3 Å². The topological polar surface area (TPSA) is 85.6 Å². The highest BCUT2D eigenvalue weighted by Crippen LogP contribution is 2.31. The smallest absolute Gasteiger partial charge is 0.279 e. The summed E-state index contributed by atoms with van der Waals surface area (Å²) < 4.78 is 0. The van der Waals surface area contributed by atoms with E-state index >= 15 is 0 Å². The molecule has 0 aliphatic carbocycles. The number of rotatable bonds is 4. The van der Waals surface area contributed by atoms with E-state index in [-0.39, 0.29) is 11.6 Å². The number of thiazole rings is 1. The molecule has 26 heavy (non-hydrogen) atoms. The Bertz CT molecular complexity index is 1040. The molecule has 4 aromatic rings. The van der Waals surface area contributed by atoms with Gasteiger partial charge in [-0.3, -0.25) is 15.1 Å². The van der Waals surface area contributed by atoms with E-state index in [1.54, 1.807) is 6.20 Å². The predicted molar refractivity (Wildman–Crippen MR) is 99.4 cm³/mol. The summed E-state index contributed by atoms with van der Waals surface area (Å²) in [6, 6.07) is 15.1. The number of benzene rings is 1. The number of hydrogen-bond donors (Lipinski definition) is 1. The molecule has 0 bridgehead atoms. The Morgan fingerprint density at radius 2 is 1.92 bits per heavy atom. The van der Waals surface area contributed by atoms with Crippen LogP contribution in [0.15, 0.2) is 60.9 Å². The third kappa shape index (κ3) is 3.22. The number of nitrogens with one attached hydrogen (secondary N) is 1. The fourth-order valence-corrected chi connectivity index (χ4v) is 3.34. The fraction of sp³-hybridized carbons (Fsp3) is 0.0556. The number of para-hydroxylation sites is 1. The van der Waals surface area contributed by atoms with Gasteiger partial charge in [0.05, 0.1) is 28.1 Å². The Balaban J connectivity index is 1.53. The van der Waals surface area contributed by atoms with Crippen molar-refractivity contribution < 1.29 is 4.79 Å². The lowest BCUT2D eigenvalue weighted by Gasteiger charge is -1.98. The number of carbonyl (C=O) groups excluding carboxylic acids is 1. The molecular formula is C18H14N6OS. The zero-order valence-electron chi connectivity index (χ0n) is 13.8. The number of amides is 1. The van der Waals surface area contributed by atoms with Crippen LogP contribution in [0.3, 0.4) is 0 Å². The molecule has 0 atom stereocenters. The summed E-state index contributed by atoms with van der Waals surface area (Å²) in [5.41, 5.74) is 2.66. The van der Waals surface area contributed by atoms with Gasteiger partial charge in [0.15, 0.2) is 10.8 Å². The molecule has 1 aromatic carbocycles. The number of pyridine rings is 1. The van der Waals surface area contributed by atoms with Crippen LogP contribution >= 0.6 is 11.3 Å². The average Bonchev–Trinajstić information content (AvgIpc) is 3.30. The third-order valence-electron chi connectivity index (χ3n) is 3.63. The summed E-state index contributed by atoms with van der Waals surface area (Å²) in [5, 5.41) is 11.6. The van der Waals surface area contributed by atoms with Crippen LogP contribution in [0.5, 0.6) is 0 Å². The van der Waals surface area contributed by atoms with Gasteiger partial charge >= 0.3 is 0 Å². The first-order chi connectivity index (χ1) is 12.7. The maximum atomic E-state index is 12.4. The van der Waals surface area contributed by atoms with E-state index in [0.717, 1.165) is 22.0 Å². The Labute approximate surface area is 153 Å². The molecule has 0 aliphatic heterocycles. The molecule has 1 N–H and O–H groups in total. The van der Waals surface area contributed by atoms with Gasteiger partial charge in [-0.2, -0.15) is 9.90 Å². The first-order valence-electron chi connectivity index (χ1n) is 7.88. The first kappa shape index (κ1) is 16.1. The monoisotopic (exact) mass is 362 g/mol. The van der Waals surface area contributed by atoms with Gasteiger partial charge < -0.3 is 0 Å². The minimum atomic E-state index is -0.353. The quantitative estimate of drug-likeness (QED) is 0.602. The number of anilines is 1. The molecule has 7 nitrogen and oxygen atoms in total. The van der Waals surface area contributed by atoms with Crippen LogP contribution in [0.25, 0.3) is 16.3 Å². The number of aromatic nitrogens is 5. The standard InChI is InChI=1S/C18H14N6OS/c1-12-16(14-9-5-6-10-19-14)26-18(21-12)22-17(25)15-11-20-24(23-15)13-7-3-2-4-8-13/h2-11H,1H3,(H,21,22,25). The molecule has 128 valence electrons. The highest BCUT2D eigenvalue weighted by molar-refractivity contribution is 7.19. The van der Waals surface area contributed by atoms with Crippen LogP contribution in [0.4, 0.5) is 5.13 Å². The second-order valence-electron chi connectivity index (χ2n) is 5.46. The van der Waals surface area contributed by atoms with Gasteiger partial charge in [0.25, 0.3) is 5.91 Å². The number of carbonyl (C=O) groups is 1. The largest absolute Gasteiger partial charge is 0.296 e. The Hall–Kier alpha value is -3.39.